The summed E-state index contributed by atoms with van der Waals surface area (Å²) in [5.41, 5.74) is 5.52. The lowest BCUT2D eigenvalue weighted by Gasteiger charge is -2.20. The predicted molar refractivity (Wildman–Crippen MR) is 56.4 cm³/mol. The summed E-state index contributed by atoms with van der Waals surface area (Å²) in [6.45, 7) is 3.83. The van der Waals surface area contributed by atoms with Gasteiger partial charge in [-0.3, -0.25) is 0 Å². The zero-order chi connectivity index (χ0) is 12.3. The van der Waals surface area contributed by atoms with Crippen LogP contribution in [0.3, 0.4) is 0 Å². The minimum absolute atomic E-state index is 0.0510. The molecule has 0 spiro atoms. The molecule has 0 radical (unpaired) electrons. The fourth-order valence-electron chi connectivity index (χ4n) is 1.49. The molecule has 0 aliphatic carbocycles. The van der Waals surface area contributed by atoms with Crippen LogP contribution in [-0.4, -0.2) is 12.6 Å². The quantitative estimate of drug-likeness (QED) is 0.780. The second-order valence-electron chi connectivity index (χ2n) is 3.90. The average Bonchev–Trinajstić information content (AvgIpc) is 2.20. The average molecular weight is 232 g/mol. The van der Waals surface area contributed by atoms with E-state index in [1.807, 2.05) is 13.8 Å². The maximum atomic E-state index is 13.4. The molecule has 1 atom stereocenters. The molecule has 2 nitrogen and oxygen atoms in total. The van der Waals surface area contributed by atoms with Gasteiger partial charge in [0.25, 0.3) is 0 Å². The molecule has 0 amide bonds. The van der Waals surface area contributed by atoms with E-state index in [1.54, 1.807) is 0 Å². The van der Waals surface area contributed by atoms with Crippen molar-refractivity contribution >= 4 is 0 Å². The highest BCUT2D eigenvalue weighted by molar-refractivity contribution is 5.23. The minimum Gasteiger partial charge on any atom is -0.329 e. The van der Waals surface area contributed by atoms with Crippen molar-refractivity contribution in [3.05, 3.63) is 35.1 Å². The lowest BCUT2D eigenvalue weighted by atomic mass is 10.1. The molecule has 0 saturated carbocycles. The summed E-state index contributed by atoms with van der Waals surface area (Å²) in [5.74, 6) is -3.05. The molecule has 0 heterocycles. The van der Waals surface area contributed by atoms with Crippen LogP contribution >= 0.6 is 0 Å². The fraction of sp³-hybridized carbons (Fsp3) is 0.455. The molecule has 0 aliphatic heterocycles. The molecular formula is C11H15F3N2. The molecule has 5 heteroatoms. The van der Waals surface area contributed by atoms with Crippen molar-refractivity contribution in [1.29, 1.82) is 0 Å². The van der Waals surface area contributed by atoms with Crippen LogP contribution in [-0.2, 0) is 0 Å². The van der Waals surface area contributed by atoms with Crippen LogP contribution in [0.25, 0.3) is 0 Å². The summed E-state index contributed by atoms with van der Waals surface area (Å²) in [6, 6.07) is 0.934. The molecule has 1 rings (SSSR count). The van der Waals surface area contributed by atoms with E-state index in [1.165, 1.54) is 0 Å². The van der Waals surface area contributed by atoms with Gasteiger partial charge in [-0.05, 0) is 6.07 Å². The van der Waals surface area contributed by atoms with Crippen LogP contribution in [0.5, 0.6) is 0 Å². The largest absolute Gasteiger partial charge is 0.329 e. The Hall–Kier alpha value is -1.07. The maximum Gasteiger partial charge on any atom is 0.161 e. The first-order valence-corrected chi connectivity index (χ1v) is 5.06. The van der Waals surface area contributed by atoms with Gasteiger partial charge in [0, 0.05) is 30.3 Å². The standard InChI is InChI=1S/C11H15F3N2/c1-6(2)16-11(5-15)7-3-9(13)10(14)4-8(7)12/h3-4,6,11,16H,5,15H2,1-2H3. The molecule has 0 bridgehead atoms. The van der Waals surface area contributed by atoms with Gasteiger partial charge in [-0.2, -0.15) is 0 Å². The Balaban J connectivity index is 3.05. The van der Waals surface area contributed by atoms with E-state index in [2.05, 4.69) is 5.32 Å². The van der Waals surface area contributed by atoms with Crippen molar-refractivity contribution in [2.45, 2.75) is 25.9 Å². The highest BCUT2D eigenvalue weighted by Gasteiger charge is 2.18. The number of nitrogens with one attached hydrogen (secondary N) is 1. The van der Waals surface area contributed by atoms with Gasteiger partial charge in [-0.15, -0.1) is 0 Å². The number of rotatable bonds is 4. The van der Waals surface area contributed by atoms with Crippen LogP contribution in [0.2, 0.25) is 0 Å². The van der Waals surface area contributed by atoms with Crippen molar-refractivity contribution in [2.75, 3.05) is 6.54 Å². The number of hydrogen-bond donors (Lipinski definition) is 2. The Morgan fingerprint density at radius 3 is 2.19 bits per heavy atom. The van der Waals surface area contributed by atoms with E-state index < -0.39 is 23.5 Å². The van der Waals surface area contributed by atoms with E-state index in [0.29, 0.717) is 6.07 Å². The number of benzene rings is 1. The molecule has 3 N–H and O–H groups in total. The zero-order valence-corrected chi connectivity index (χ0v) is 9.23. The van der Waals surface area contributed by atoms with Crippen LogP contribution in [0.4, 0.5) is 13.2 Å². The van der Waals surface area contributed by atoms with E-state index in [4.69, 9.17) is 5.73 Å². The summed E-state index contributed by atoms with van der Waals surface area (Å²) in [7, 11) is 0. The lowest BCUT2D eigenvalue weighted by molar-refractivity contribution is 0.446. The number of halogens is 3. The zero-order valence-electron chi connectivity index (χ0n) is 9.23. The third kappa shape index (κ3) is 2.96. The Kier molecular flexibility index (Phi) is 4.32. The van der Waals surface area contributed by atoms with Crippen LogP contribution < -0.4 is 11.1 Å². The van der Waals surface area contributed by atoms with Crippen molar-refractivity contribution in [1.82, 2.24) is 5.32 Å². The third-order valence-electron chi connectivity index (χ3n) is 2.19. The molecule has 1 aromatic rings. The Labute approximate surface area is 92.6 Å². The van der Waals surface area contributed by atoms with Crippen LogP contribution in [0, 0.1) is 17.5 Å². The van der Waals surface area contributed by atoms with Crippen molar-refractivity contribution in [3.8, 4) is 0 Å². The summed E-state index contributed by atoms with van der Waals surface area (Å²) >= 11 is 0. The smallest absolute Gasteiger partial charge is 0.161 e. The topological polar surface area (TPSA) is 38.0 Å². The molecule has 1 unspecified atom stereocenters. The third-order valence-corrected chi connectivity index (χ3v) is 2.19. The van der Waals surface area contributed by atoms with E-state index in [-0.39, 0.29) is 18.2 Å². The second kappa shape index (κ2) is 5.32. The first-order chi connectivity index (χ1) is 7.45. The number of nitrogens with two attached hydrogens (primary N) is 1. The summed E-state index contributed by atoms with van der Waals surface area (Å²) in [4.78, 5) is 0. The molecule has 1 aromatic carbocycles. The highest BCUT2D eigenvalue weighted by Crippen LogP contribution is 2.20. The van der Waals surface area contributed by atoms with Crippen LogP contribution in [0.1, 0.15) is 25.5 Å². The van der Waals surface area contributed by atoms with Gasteiger partial charge in [0.05, 0.1) is 0 Å². The second-order valence-corrected chi connectivity index (χ2v) is 3.90. The van der Waals surface area contributed by atoms with E-state index in [0.717, 1.165) is 6.07 Å². The van der Waals surface area contributed by atoms with Gasteiger partial charge in [0.15, 0.2) is 11.6 Å². The first kappa shape index (κ1) is 13.0. The summed E-state index contributed by atoms with van der Waals surface area (Å²) in [6.07, 6.45) is 0. The van der Waals surface area contributed by atoms with Gasteiger partial charge in [0.2, 0.25) is 0 Å². The molecule has 0 saturated heterocycles. The Bertz CT molecular complexity index is 366. The van der Waals surface area contributed by atoms with Gasteiger partial charge >= 0.3 is 0 Å². The van der Waals surface area contributed by atoms with E-state index in [9.17, 15) is 13.2 Å². The first-order valence-electron chi connectivity index (χ1n) is 5.06. The normalized spacial score (nSPS) is 13.2. The monoisotopic (exact) mass is 232 g/mol. The molecule has 0 fully saturated rings. The highest BCUT2D eigenvalue weighted by atomic mass is 19.2. The molecule has 0 aromatic heterocycles. The molecule has 16 heavy (non-hydrogen) atoms. The van der Waals surface area contributed by atoms with Gasteiger partial charge < -0.3 is 11.1 Å². The van der Waals surface area contributed by atoms with Crippen molar-refractivity contribution in [2.24, 2.45) is 5.73 Å². The lowest BCUT2D eigenvalue weighted by Crippen LogP contribution is -2.34. The Morgan fingerprint density at radius 2 is 1.69 bits per heavy atom. The van der Waals surface area contributed by atoms with Crippen LogP contribution in [0.15, 0.2) is 12.1 Å². The van der Waals surface area contributed by atoms with E-state index >= 15 is 0 Å². The predicted octanol–water partition coefficient (Wildman–Crippen LogP) is 2.10. The van der Waals surface area contributed by atoms with Gasteiger partial charge in [0.1, 0.15) is 5.82 Å². The molecule has 0 aliphatic rings. The summed E-state index contributed by atoms with van der Waals surface area (Å²) in [5, 5.41) is 2.98. The SMILES string of the molecule is CC(C)NC(CN)c1cc(F)c(F)cc1F. The van der Waals surface area contributed by atoms with Gasteiger partial charge in [-0.1, -0.05) is 13.8 Å². The maximum absolute atomic E-state index is 13.4. The summed E-state index contributed by atoms with van der Waals surface area (Å²) < 4.78 is 39.1. The fourth-order valence-corrected chi connectivity index (χ4v) is 1.49. The molecular weight excluding hydrogens is 217 g/mol. The Morgan fingerprint density at radius 1 is 1.12 bits per heavy atom. The minimum atomic E-state index is -1.19. The van der Waals surface area contributed by atoms with Gasteiger partial charge in [-0.25, -0.2) is 13.2 Å². The van der Waals surface area contributed by atoms with Crippen molar-refractivity contribution < 1.29 is 13.2 Å². The number of hydrogen-bond acceptors (Lipinski definition) is 2. The van der Waals surface area contributed by atoms with Crippen molar-refractivity contribution in [3.63, 3.8) is 0 Å². The molecule has 90 valence electrons.